The molecule has 0 aliphatic rings. The number of aliphatic hydroxyl groups excluding tert-OH is 1. The molecule has 13 heavy (non-hydrogen) atoms. The Bertz CT molecular complexity index is 314. The molecular weight excluding hydrogens is 188 g/mol. The summed E-state index contributed by atoms with van der Waals surface area (Å²) in [5, 5.41) is 17.7. The van der Waals surface area contributed by atoms with Crippen LogP contribution in [-0.2, 0) is 5.41 Å². The van der Waals surface area contributed by atoms with Gasteiger partial charge in [0.25, 0.3) is 0 Å². The van der Waals surface area contributed by atoms with Gasteiger partial charge in [-0.05, 0) is 12.1 Å². The standard InChI is InChI=1S/C9H12O3S/c1-9(2,5-10)7-4-3-6(13-7)8(11)12/h3-4,10H,5H2,1-2H3,(H,11,12). The zero-order valence-electron chi connectivity index (χ0n) is 7.57. The molecule has 0 amide bonds. The lowest BCUT2D eigenvalue weighted by Crippen LogP contribution is -2.20. The van der Waals surface area contributed by atoms with E-state index in [1.54, 1.807) is 12.1 Å². The Morgan fingerprint density at radius 1 is 1.54 bits per heavy atom. The van der Waals surface area contributed by atoms with Gasteiger partial charge in [0.1, 0.15) is 4.88 Å². The smallest absolute Gasteiger partial charge is 0.345 e. The van der Waals surface area contributed by atoms with E-state index in [1.807, 2.05) is 13.8 Å². The lowest BCUT2D eigenvalue weighted by Gasteiger charge is -2.19. The molecule has 0 saturated heterocycles. The van der Waals surface area contributed by atoms with E-state index in [-0.39, 0.29) is 12.0 Å². The molecule has 0 saturated carbocycles. The maximum atomic E-state index is 10.6. The van der Waals surface area contributed by atoms with Crippen molar-refractivity contribution in [2.75, 3.05) is 6.61 Å². The Hall–Kier alpha value is -0.870. The van der Waals surface area contributed by atoms with Crippen molar-refractivity contribution in [1.29, 1.82) is 0 Å². The Morgan fingerprint density at radius 2 is 2.15 bits per heavy atom. The highest BCUT2D eigenvalue weighted by Gasteiger charge is 2.22. The second-order valence-corrected chi connectivity index (χ2v) is 4.59. The number of carbonyl (C=O) groups is 1. The monoisotopic (exact) mass is 200 g/mol. The van der Waals surface area contributed by atoms with Crippen LogP contribution in [-0.4, -0.2) is 22.8 Å². The highest BCUT2D eigenvalue weighted by molar-refractivity contribution is 7.14. The lowest BCUT2D eigenvalue weighted by atomic mass is 9.93. The molecule has 4 heteroatoms. The van der Waals surface area contributed by atoms with Crippen LogP contribution in [0.15, 0.2) is 12.1 Å². The molecule has 0 unspecified atom stereocenters. The van der Waals surface area contributed by atoms with Gasteiger partial charge < -0.3 is 10.2 Å². The van der Waals surface area contributed by atoms with Gasteiger partial charge in [-0.25, -0.2) is 4.79 Å². The van der Waals surface area contributed by atoms with Gasteiger partial charge in [-0.2, -0.15) is 0 Å². The van der Waals surface area contributed by atoms with Crippen LogP contribution in [0.5, 0.6) is 0 Å². The molecule has 3 nitrogen and oxygen atoms in total. The first-order chi connectivity index (χ1) is 5.97. The Labute approximate surface area is 80.6 Å². The SMILES string of the molecule is CC(C)(CO)c1ccc(C(=O)O)s1. The third kappa shape index (κ3) is 2.08. The quantitative estimate of drug-likeness (QED) is 0.781. The van der Waals surface area contributed by atoms with E-state index >= 15 is 0 Å². The van der Waals surface area contributed by atoms with Gasteiger partial charge in [0.05, 0.1) is 6.61 Å². The molecule has 0 fully saturated rings. The van der Waals surface area contributed by atoms with E-state index in [1.165, 1.54) is 11.3 Å². The van der Waals surface area contributed by atoms with Gasteiger partial charge >= 0.3 is 5.97 Å². The van der Waals surface area contributed by atoms with Crippen LogP contribution in [0.2, 0.25) is 0 Å². The van der Waals surface area contributed by atoms with Gasteiger partial charge in [0, 0.05) is 10.3 Å². The van der Waals surface area contributed by atoms with Crippen molar-refractivity contribution >= 4 is 17.3 Å². The summed E-state index contributed by atoms with van der Waals surface area (Å²) >= 11 is 1.21. The van der Waals surface area contributed by atoms with E-state index < -0.39 is 5.97 Å². The topological polar surface area (TPSA) is 57.5 Å². The summed E-state index contributed by atoms with van der Waals surface area (Å²) in [6.45, 7) is 3.78. The van der Waals surface area contributed by atoms with Crippen molar-refractivity contribution < 1.29 is 15.0 Å². The van der Waals surface area contributed by atoms with Gasteiger partial charge in [-0.3, -0.25) is 0 Å². The van der Waals surface area contributed by atoms with E-state index in [0.717, 1.165) is 4.88 Å². The minimum absolute atomic E-state index is 0.0204. The molecular formula is C9H12O3S. The molecule has 0 aliphatic carbocycles. The zero-order valence-corrected chi connectivity index (χ0v) is 8.39. The number of hydrogen-bond acceptors (Lipinski definition) is 3. The first-order valence-electron chi connectivity index (χ1n) is 3.92. The van der Waals surface area contributed by atoms with Gasteiger partial charge in [-0.15, -0.1) is 11.3 Å². The van der Waals surface area contributed by atoms with Gasteiger partial charge in [0.2, 0.25) is 0 Å². The average Bonchev–Trinajstić information content (AvgIpc) is 2.52. The maximum absolute atomic E-state index is 10.6. The number of carboxylic acids is 1. The van der Waals surface area contributed by atoms with Gasteiger partial charge in [0.15, 0.2) is 0 Å². The van der Waals surface area contributed by atoms with Crippen molar-refractivity contribution in [2.24, 2.45) is 0 Å². The van der Waals surface area contributed by atoms with Gasteiger partial charge in [-0.1, -0.05) is 13.8 Å². The van der Waals surface area contributed by atoms with E-state index in [0.29, 0.717) is 4.88 Å². The van der Waals surface area contributed by atoms with Crippen LogP contribution >= 0.6 is 11.3 Å². The maximum Gasteiger partial charge on any atom is 0.345 e. The molecule has 1 aromatic rings. The number of aromatic carboxylic acids is 1. The predicted molar refractivity (Wildman–Crippen MR) is 51.4 cm³/mol. The summed E-state index contributed by atoms with van der Waals surface area (Å²) in [6.07, 6.45) is 0. The summed E-state index contributed by atoms with van der Waals surface area (Å²) in [4.78, 5) is 11.8. The lowest BCUT2D eigenvalue weighted by molar-refractivity contribution is 0.0702. The van der Waals surface area contributed by atoms with Crippen molar-refractivity contribution in [3.8, 4) is 0 Å². The fourth-order valence-electron chi connectivity index (χ4n) is 0.894. The summed E-state index contributed by atoms with van der Waals surface area (Å²) in [7, 11) is 0. The van der Waals surface area contributed by atoms with Crippen LogP contribution in [0.25, 0.3) is 0 Å². The molecule has 1 rings (SSSR count). The van der Waals surface area contributed by atoms with Crippen LogP contribution in [0.1, 0.15) is 28.4 Å². The summed E-state index contributed by atoms with van der Waals surface area (Å²) in [6, 6.07) is 3.32. The molecule has 1 aromatic heterocycles. The van der Waals surface area contributed by atoms with Crippen molar-refractivity contribution in [2.45, 2.75) is 19.3 Å². The first-order valence-corrected chi connectivity index (χ1v) is 4.73. The predicted octanol–water partition coefficient (Wildman–Crippen LogP) is 1.72. The Morgan fingerprint density at radius 3 is 2.54 bits per heavy atom. The molecule has 2 N–H and O–H groups in total. The minimum atomic E-state index is -0.912. The van der Waals surface area contributed by atoms with E-state index in [4.69, 9.17) is 10.2 Å². The number of aliphatic hydroxyl groups is 1. The number of hydrogen-bond donors (Lipinski definition) is 2. The second kappa shape index (κ2) is 3.47. The molecule has 0 atom stereocenters. The summed E-state index contributed by atoms with van der Waals surface area (Å²) < 4.78 is 0. The van der Waals surface area contributed by atoms with Crippen molar-refractivity contribution in [3.63, 3.8) is 0 Å². The number of carboxylic acid groups (broad SMARTS) is 1. The van der Waals surface area contributed by atoms with E-state index in [9.17, 15) is 4.79 Å². The highest BCUT2D eigenvalue weighted by atomic mass is 32.1. The highest BCUT2D eigenvalue weighted by Crippen LogP contribution is 2.29. The third-order valence-electron chi connectivity index (χ3n) is 1.88. The average molecular weight is 200 g/mol. The molecule has 0 aromatic carbocycles. The van der Waals surface area contributed by atoms with E-state index in [2.05, 4.69) is 0 Å². The van der Waals surface area contributed by atoms with Crippen LogP contribution < -0.4 is 0 Å². The molecule has 0 radical (unpaired) electrons. The number of rotatable bonds is 3. The normalized spacial score (nSPS) is 11.6. The fourth-order valence-corrected chi connectivity index (χ4v) is 1.83. The molecule has 0 spiro atoms. The summed E-state index contributed by atoms with van der Waals surface area (Å²) in [5.74, 6) is -0.912. The molecule has 72 valence electrons. The largest absolute Gasteiger partial charge is 0.477 e. The second-order valence-electron chi connectivity index (χ2n) is 3.51. The van der Waals surface area contributed by atoms with Crippen LogP contribution in [0.4, 0.5) is 0 Å². The Balaban J connectivity index is 2.98. The molecule has 1 heterocycles. The Kier molecular flexibility index (Phi) is 2.73. The summed E-state index contributed by atoms with van der Waals surface area (Å²) in [5.41, 5.74) is -0.349. The zero-order chi connectivity index (χ0) is 10.1. The molecule has 0 aliphatic heterocycles. The molecule has 0 bridgehead atoms. The third-order valence-corrected chi connectivity index (χ3v) is 3.32. The number of thiophene rings is 1. The minimum Gasteiger partial charge on any atom is -0.477 e. The van der Waals surface area contributed by atoms with Crippen molar-refractivity contribution in [1.82, 2.24) is 0 Å². The van der Waals surface area contributed by atoms with Crippen molar-refractivity contribution in [3.05, 3.63) is 21.9 Å². The van der Waals surface area contributed by atoms with Crippen LogP contribution in [0.3, 0.4) is 0 Å². The fraction of sp³-hybridized carbons (Fsp3) is 0.444. The first kappa shape index (κ1) is 10.2. The van der Waals surface area contributed by atoms with Crippen LogP contribution in [0, 0.1) is 0 Å².